The summed E-state index contributed by atoms with van der Waals surface area (Å²) in [4.78, 5) is 40.3. The number of hydrogen-bond acceptors (Lipinski definition) is 5. The van der Waals surface area contributed by atoms with E-state index in [9.17, 15) is 14.4 Å². The summed E-state index contributed by atoms with van der Waals surface area (Å²) in [5.74, 6) is -4.15. The molecule has 1 saturated heterocycles. The molecule has 1 fully saturated rings. The van der Waals surface area contributed by atoms with E-state index in [-0.39, 0.29) is 31.1 Å². The first-order chi connectivity index (χ1) is 14.8. The van der Waals surface area contributed by atoms with E-state index in [1.165, 1.54) is 14.7 Å². The predicted molar refractivity (Wildman–Crippen MR) is 116 cm³/mol. The number of benzene rings is 2. The molecule has 0 bridgehead atoms. The molecule has 7 nitrogen and oxygen atoms in total. The molecular weight excluding hydrogens is 523 g/mol. The third kappa shape index (κ3) is 3.84. The Hall–Kier alpha value is -2.76. The zero-order valence-electron chi connectivity index (χ0n) is 16.5. The fourth-order valence-corrected chi connectivity index (χ4v) is 4.42. The SMILES string of the molecule is Cc1cc(I)ccc1N1COC(=O)c2cc(C(=O)N3CCN(C=O)CC3)c(F)c(F)c21. The predicted octanol–water partition coefficient (Wildman–Crippen LogP) is 3.06. The van der Waals surface area contributed by atoms with Crippen molar-refractivity contribution in [3.8, 4) is 0 Å². The van der Waals surface area contributed by atoms with E-state index in [2.05, 4.69) is 22.6 Å². The first-order valence-corrected chi connectivity index (χ1v) is 10.6. The van der Waals surface area contributed by atoms with Crippen molar-refractivity contribution >= 4 is 52.3 Å². The van der Waals surface area contributed by atoms with Crippen LogP contribution in [0.5, 0.6) is 0 Å². The normalized spacial score (nSPS) is 16.1. The van der Waals surface area contributed by atoms with Crippen LogP contribution in [0.25, 0.3) is 0 Å². The minimum absolute atomic E-state index is 0.189. The summed E-state index contributed by atoms with van der Waals surface area (Å²) in [5, 5.41) is 0. The highest BCUT2D eigenvalue weighted by Crippen LogP contribution is 2.39. The number of nitrogens with zero attached hydrogens (tertiary/aromatic N) is 3. The fraction of sp³-hybridized carbons (Fsp3) is 0.286. The topological polar surface area (TPSA) is 70.2 Å². The van der Waals surface area contributed by atoms with Crippen LogP contribution in [-0.4, -0.2) is 61.0 Å². The Morgan fingerprint density at radius 2 is 1.84 bits per heavy atom. The molecule has 0 saturated carbocycles. The van der Waals surface area contributed by atoms with Crippen LogP contribution in [0.3, 0.4) is 0 Å². The second-order valence-electron chi connectivity index (χ2n) is 7.30. The number of carbonyl (C=O) groups is 3. The lowest BCUT2D eigenvalue weighted by atomic mass is 10.0. The van der Waals surface area contributed by atoms with Crippen molar-refractivity contribution in [2.45, 2.75) is 6.92 Å². The van der Waals surface area contributed by atoms with Gasteiger partial charge in [-0.15, -0.1) is 0 Å². The number of amides is 2. The van der Waals surface area contributed by atoms with E-state index in [4.69, 9.17) is 4.74 Å². The number of piperazine rings is 1. The van der Waals surface area contributed by atoms with Gasteiger partial charge in [-0.1, -0.05) is 0 Å². The van der Waals surface area contributed by atoms with Gasteiger partial charge in [0.25, 0.3) is 5.91 Å². The molecule has 162 valence electrons. The molecule has 31 heavy (non-hydrogen) atoms. The van der Waals surface area contributed by atoms with Crippen molar-refractivity contribution in [2.75, 3.05) is 37.8 Å². The molecule has 4 rings (SSSR count). The molecule has 2 aromatic rings. The van der Waals surface area contributed by atoms with Gasteiger partial charge in [-0.05, 0) is 59.3 Å². The highest BCUT2D eigenvalue weighted by Gasteiger charge is 2.35. The maximum Gasteiger partial charge on any atom is 0.342 e. The number of fused-ring (bicyclic) bond motifs is 1. The molecule has 2 aliphatic heterocycles. The third-order valence-corrected chi connectivity index (χ3v) is 6.10. The molecule has 0 aromatic heterocycles. The average molecular weight is 541 g/mol. The van der Waals surface area contributed by atoms with Gasteiger partial charge in [0.2, 0.25) is 6.41 Å². The van der Waals surface area contributed by atoms with E-state index >= 15 is 8.78 Å². The van der Waals surface area contributed by atoms with Gasteiger partial charge in [0.1, 0.15) is 0 Å². The standard InChI is InChI=1S/C21H18F2IN3O4/c1-12-8-13(24)2-3-16(12)27-11-31-21(30)15-9-14(17(22)18(23)19(15)27)20(29)26-6-4-25(10-28)5-7-26/h2-3,8-10H,4-7,11H2,1H3. The van der Waals surface area contributed by atoms with Crippen LogP contribution in [0, 0.1) is 22.1 Å². The van der Waals surface area contributed by atoms with Crippen molar-refractivity contribution in [3.63, 3.8) is 0 Å². The van der Waals surface area contributed by atoms with Crippen molar-refractivity contribution in [1.82, 2.24) is 9.80 Å². The summed E-state index contributed by atoms with van der Waals surface area (Å²) in [7, 11) is 0. The minimum atomic E-state index is -1.32. The smallest absolute Gasteiger partial charge is 0.342 e. The first-order valence-electron chi connectivity index (χ1n) is 9.53. The van der Waals surface area contributed by atoms with Crippen LogP contribution in [0.1, 0.15) is 26.3 Å². The fourth-order valence-electron chi connectivity index (χ4n) is 3.77. The summed E-state index contributed by atoms with van der Waals surface area (Å²) >= 11 is 2.14. The van der Waals surface area contributed by atoms with Gasteiger partial charge < -0.3 is 19.4 Å². The lowest BCUT2D eigenvalue weighted by molar-refractivity contribution is -0.119. The van der Waals surface area contributed by atoms with E-state index in [1.807, 2.05) is 19.1 Å². The molecule has 2 heterocycles. The van der Waals surface area contributed by atoms with E-state index in [0.717, 1.165) is 15.2 Å². The monoisotopic (exact) mass is 541 g/mol. The minimum Gasteiger partial charge on any atom is -0.440 e. The molecule has 2 aliphatic rings. The molecule has 0 unspecified atom stereocenters. The highest BCUT2D eigenvalue weighted by atomic mass is 127. The third-order valence-electron chi connectivity index (χ3n) is 5.43. The number of anilines is 2. The van der Waals surface area contributed by atoms with Gasteiger partial charge in [0, 0.05) is 35.4 Å². The molecule has 0 spiro atoms. The van der Waals surface area contributed by atoms with Crippen molar-refractivity contribution < 1.29 is 27.9 Å². The van der Waals surface area contributed by atoms with E-state index in [0.29, 0.717) is 25.2 Å². The molecule has 0 aliphatic carbocycles. The number of hydrogen-bond donors (Lipinski definition) is 0. The Morgan fingerprint density at radius 3 is 2.48 bits per heavy atom. The summed E-state index contributed by atoms with van der Waals surface area (Å²) in [6.07, 6.45) is 0.679. The van der Waals surface area contributed by atoms with E-state index in [1.54, 1.807) is 6.07 Å². The Labute approximate surface area is 190 Å². The quantitative estimate of drug-likeness (QED) is 0.340. The Balaban J connectivity index is 1.75. The number of aryl methyl sites for hydroxylation is 1. The van der Waals surface area contributed by atoms with Crippen molar-refractivity contribution in [1.29, 1.82) is 0 Å². The zero-order chi connectivity index (χ0) is 22.3. The van der Waals surface area contributed by atoms with Crippen LogP contribution in [-0.2, 0) is 9.53 Å². The van der Waals surface area contributed by atoms with Crippen LogP contribution in [0.2, 0.25) is 0 Å². The largest absolute Gasteiger partial charge is 0.440 e. The summed E-state index contributed by atoms with van der Waals surface area (Å²) in [6, 6.07) is 6.48. The zero-order valence-corrected chi connectivity index (χ0v) is 18.7. The van der Waals surface area contributed by atoms with Crippen LogP contribution in [0.4, 0.5) is 20.2 Å². The second-order valence-corrected chi connectivity index (χ2v) is 8.55. The average Bonchev–Trinajstić information content (AvgIpc) is 2.76. The van der Waals surface area contributed by atoms with Gasteiger partial charge >= 0.3 is 5.97 Å². The van der Waals surface area contributed by atoms with E-state index < -0.39 is 29.1 Å². The number of cyclic esters (lactones) is 1. The number of rotatable bonds is 3. The first kappa shape index (κ1) is 21.5. The molecular formula is C21H18F2IN3O4. The van der Waals surface area contributed by atoms with Gasteiger partial charge in [0.15, 0.2) is 18.4 Å². The summed E-state index contributed by atoms with van der Waals surface area (Å²) < 4.78 is 36.5. The maximum absolute atomic E-state index is 15.3. The molecule has 0 radical (unpaired) electrons. The van der Waals surface area contributed by atoms with Crippen molar-refractivity contribution in [3.05, 3.63) is 56.2 Å². The maximum atomic E-state index is 15.3. The van der Waals surface area contributed by atoms with Gasteiger partial charge in [0.05, 0.1) is 16.8 Å². The highest BCUT2D eigenvalue weighted by molar-refractivity contribution is 14.1. The molecule has 2 aromatic carbocycles. The number of ether oxygens (including phenoxy) is 1. The number of carbonyl (C=O) groups excluding carboxylic acids is 3. The van der Waals surface area contributed by atoms with Crippen LogP contribution >= 0.6 is 22.6 Å². The lowest BCUT2D eigenvalue weighted by Crippen LogP contribution is -2.48. The molecule has 0 N–H and O–H groups in total. The summed E-state index contributed by atoms with van der Waals surface area (Å²) in [5.41, 5.74) is 0.368. The van der Waals surface area contributed by atoms with Crippen molar-refractivity contribution in [2.24, 2.45) is 0 Å². The molecule has 0 atom stereocenters. The lowest BCUT2D eigenvalue weighted by Gasteiger charge is -2.34. The molecule has 10 heteroatoms. The van der Waals surface area contributed by atoms with Crippen LogP contribution in [0.15, 0.2) is 24.3 Å². The Bertz CT molecular complexity index is 1090. The van der Waals surface area contributed by atoms with Gasteiger partial charge in [-0.3, -0.25) is 9.59 Å². The van der Waals surface area contributed by atoms with Crippen LogP contribution < -0.4 is 4.90 Å². The number of halogens is 3. The Morgan fingerprint density at radius 1 is 1.13 bits per heavy atom. The Kier molecular flexibility index (Phi) is 5.82. The second kappa shape index (κ2) is 8.40. The summed E-state index contributed by atoms with van der Waals surface area (Å²) in [6.45, 7) is 2.52. The number of esters is 1. The van der Waals surface area contributed by atoms with Gasteiger partial charge in [-0.2, -0.15) is 0 Å². The molecule has 2 amide bonds. The van der Waals surface area contributed by atoms with Gasteiger partial charge in [-0.25, -0.2) is 13.6 Å².